The Balaban J connectivity index is 1.29. The summed E-state index contributed by atoms with van der Waals surface area (Å²) < 4.78 is 0. The van der Waals surface area contributed by atoms with Crippen LogP contribution in [-0.2, 0) is 22.6 Å². The van der Waals surface area contributed by atoms with E-state index in [1.54, 1.807) is 0 Å². The van der Waals surface area contributed by atoms with Crippen LogP contribution in [0.5, 0.6) is 0 Å². The molecule has 5 heteroatoms. The first kappa shape index (κ1) is 15.6. The van der Waals surface area contributed by atoms with E-state index >= 15 is 0 Å². The summed E-state index contributed by atoms with van der Waals surface area (Å²) in [5.41, 5.74) is 2.57. The van der Waals surface area contributed by atoms with Crippen LogP contribution in [0.15, 0.2) is 24.3 Å². The van der Waals surface area contributed by atoms with Crippen molar-refractivity contribution in [3.63, 3.8) is 0 Å². The minimum atomic E-state index is -0.113. The number of nitrogens with one attached hydrogen (secondary N) is 2. The summed E-state index contributed by atoms with van der Waals surface area (Å²) in [6, 6.07) is 8.45. The van der Waals surface area contributed by atoms with E-state index < -0.39 is 0 Å². The van der Waals surface area contributed by atoms with Crippen molar-refractivity contribution in [3.05, 3.63) is 35.4 Å². The van der Waals surface area contributed by atoms with Crippen LogP contribution < -0.4 is 10.6 Å². The number of hydrogen-bond acceptors (Lipinski definition) is 3. The number of rotatable bonds is 3. The van der Waals surface area contributed by atoms with Crippen molar-refractivity contribution in [2.45, 2.75) is 50.7 Å². The molecule has 1 aliphatic carbocycles. The molecule has 24 heavy (non-hydrogen) atoms. The Morgan fingerprint density at radius 1 is 1.04 bits per heavy atom. The number of carbonyl (C=O) groups excluding carboxylic acids is 2. The van der Waals surface area contributed by atoms with Crippen LogP contribution in [0.1, 0.15) is 36.8 Å². The van der Waals surface area contributed by atoms with E-state index in [9.17, 15) is 9.59 Å². The van der Waals surface area contributed by atoms with E-state index in [1.165, 1.54) is 11.1 Å². The van der Waals surface area contributed by atoms with Crippen molar-refractivity contribution < 1.29 is 9.59 Å². The highest BCUT2D eigenvalue weighted by Gasteiger charge is 2.33. The zero-order valence-corrected chi connectivity index (χ0v) is 14.0. The summed E-state index contributed by atoms with van der Waals surface area (Å²) >= 11 is 0. The lowest BCUT2D eigenvalue weighted by atomic mass is 9.94. The van der Waals surface area contributed by atoms with Gasteiger partial charge in [0, 0.05) is 31.6 Å². The summed E-state index contributed by atoms with van der Waals surface area (Å²) in [6.07, 6.45) is 4.59. The molecule has 1 aromatic carbocycles. The molecule has 1 saturated carbocycles. The Bertz CT molecular complexity index is 633. The van der Waals surface area contributed by atoms with Gasteiger partial charge in [0.25, 0.3) is 0 Å². The van der Waals surface area contributed by atoms with Crippen molar-refractivity contribution in [1.29, 1.82) is 0 Å². The van der Waals surface area contributed by atoms with Crippen molar-refractivity contribution in [3.8, 4) is 0 Å². The predicted molar refractivity (Wildman–Crippen MR) is 91.2 cm³/mol. The smallest absolute Gasteiger partial charge is 0.240 e. The lowest BCUT2D eigenvalue weighted by Crippen LogP contribution is -2.53. The van der Waals surface area contributed by atoms with Gasteiger partial charge in [0.1, 0.15) is 0 Å². The second-order valence-corrected chi connectivity index (χ2v) is 7.29. The van der Waals surface area contributed by atoms with Gasteiger partial charge >= 0.3 is 0 Å². The lowest BCUT2D eigenvalue weighted by molar-refractivity contribution is -0.134. The summed E-state index contributed by atoms with van der Waals surface area (Å²) in [6.45, 7) is 2.25. The average molecular weight is 327 g/mol. The highest BCUT2D eigenvalue weighted by Crippen LogP contribution is 2.29. The normalized spacial score (nSPS) is 24.3. The van der Waals surface area contributed by atoms with Crippen LogP contribution in [0.3, 0.4) is 0 Å². The summed E-state index contributed by atoms with van der Waals surface area (Å²) in [7, 11) is 0. The third-order valence-corrected chi connectivity index (χ3v) is 5.48. The number of fused-ring (bicyclic) bond motifs is 1. The van der Waals surface area contributed by atoms with E-state index in [2.05, 4.69) is 22.8 Å². The van der Waals surface area contributed by atoms with Gasteiger partial charge in [0.2, 0.25) is 11.8 Å². The van der Waals surface area contributed by atoms with Gasteiger partial charge < -0.3 is 15.5 Å². The fraction of sp³-hybridized carbons (Fsp3) is 0.579. The van der Waals surface area contributed by atoms with Gasteiger partial charge in [-0.1, -0.05) is 24.3 Å². The second-order valence-electron chi connectivity index (χ2n) is 7.29. The molecule has 2 fully saturated rings. The Morgan fingerprint density at radius 2 is 1.75 bits per heavy atom. The molecule has 1 atom stereocenters. The molecule has 1 aromatic rings. The van der Waals surface area contributed by atoms with Crippen LogP contribution in [0.25, 0.3) is 0 Å². The fourth-order valence-corrected chi connectivity index (χ4v) is 3.76. The standard InChI is InChI=1S/C19H25N3O2/c23-18(13-5-6-13)21-16-7-9-22(10-8-16)19(24)17-11-14-3-1-2-4-15(14)12-20-17/h1-4,13,16-17,20H,5-12H2,(H,21,23). The summed E-state index contributed by atoms with van der Waals surface area (Å²) in [4.78, 5) is 26.6. The van der Waals surface area contributed by atoms with E-state index in [-0.39, 0.29) is 29.8 Å². The summed E-state index contributed by atoms with van der Waals surface area (Å²) in [5.74, 6) is 0.679. The molecule has 1 unspecified atom stereocenters. The van der Waals surface area contributed by atoms with Crippen molar-refractivity contribution in [2.75, 3.05) is 13.1 Å². The maximum absolute atomic E-state index is 12.8. The highest BCUT2D eigenvalue weighted by molar-refractivity contribution is 5.83. The van der Waals surface area contributed by atoms with E-state index in [4.69, 9.17) is 0 Å². The first-order chi connectivity index (χ1) is 11.7. The maximum Gasteiger partial charge on any atom is 0.240 e. The molecule has 0 spiro atoms. The predicted octanol–water partition coefficient (Wildman–Crippen LogP) is 1.22. The molecule has 2 heterocycles. The monoisotopic (exact) mass is 327 g/mol. The molecular weight excluding hydrogens is 302 g/mol. The Hall–Kier alpha value is -1.88. The molecule has 0 radical (unpaired) electrons. The van der Waals surface area contributed by atoms with Gasteiger partial charge in [0.05, 0.1) is 6.04 Å². The number of likely N-dealkylation sites (tertiary alicyclic amines) is 1. The molecule has 3 aliphatic rings. The molecule has 128 valence electrons. The first-order valence-corrected chi connectivity index (χ1v) is 9.10. The van der Waals surface area contributed by atoms with Crippen LogP contribution >= 0.6 is 0 Å². The Labute approximate surface area is 142 Å². The van der Waals surface area contributed by atoms with Crippen molar-refractivity contribution >= 4 is 11.8 Å². The van der Waals surface area contributed by atoms with E-state index in [1.807, 2.05) is 17.0 Å². The Morgan fingerprint density at radius 3 is 2.46 bits per heavy atom. The minimum absolute atomic E-state index is 0.113. The maximum atomic E-state index is 12.8. The number of nitrogens with zero attached hydrogens (tertiary/aromatic N) is 1. The first-order valence-electron chi connectivity index (χ1n) is 9.10. The zero-order chi connectivity index (χ0) is 16.5. The SMILES string of the molecule is O=C(NC1CCN(C(=O)C2Cc3ccccc3CN2)CC1)C1CC1. The Kier molecular flexibility index (Phi) is 4.27. The molecule has 0 aromatic heterocycles. The third kappa shape index (κ3) is 3.31. The third-order valence-electron chi connectivity index (χ3n) is 5.48. The fourth-order valence-electron chi connectivity index (χ4n) is 3.76. The number of benzene rings is 1. The molecule has 4 rings (SSSR count). The molecular formula is C19H25N3O2. The molecule has 1 saturated heterocycles. The van der Waals surface area contributed by atoms with Crippen LogP contribution in [0, 0.1) is 5.92 Å². The van der Waals surface area contributed by atoms with Gasteiger partial charge in [-0.25, -0.2) is 0 Å². The molecule has 2 N–H and O–H groups in total. The molecule has 0 bridgehead atoms. The lowest BCUT2D eigenvalue weighted by Gasteiger charge is -2.36. The molecule has 2 aliphatic heterocycles. The van der Waals surface area contributed by atoms with Crippen LogP contribution in [0.2, 0.25) is 0 Å². The molecule has 5 nitrogen and oxygen atoms in total. The van der Waals surface area contributed by atoms with Crippen molar-refractivity contribution in [1.82, 2.24) is 15.5 Å². The second kappa shape index (κ2) is 6.55. The van der Waals surface area contributed by atoms with Gasteiger partial charge in [-0.3, -0.25) is 9.59 Å². The van der Waals surface area contributed by atoms with Gasteiger partial charge in [-0.15, -0.1) is 0 Å². The molecule has 2 amide bonds. The number of hydrogen-bond donors (Lipinski definition) is 2. The van der Waals surface area contributed by atoms with Gasteiger partial charge in [-0.05, 0) is 43.2 Å². The van der Waals surface area contributed by atoms with E-state index in [0.717, 1.165) is 51.7 Å². The average Bonchev–Trinajstić information content (AvgIpc) is 3.46. The van der Waals surface area contributed by atoms with E-state index in [0.29, 0.717) is 0 Å². The largest absolute Gasteiger partial charge is 0.353 e. The summed E-state index contributed by atoms with van der Waals surface area (Å²) in [5, 5.41) is 6.52. The van der Waals surface area contributed by atoms with Gasteiger partial charge in [0.15, 0.2) is 0 Å². The van der Waals surface area contributed by atoms with Crippen LogP contribution in [0.4, 0.5) is 0 Å². The number of piperidine rings is 1. The number of amides is 2. The highest BCUT2D eigenvalue weighted by atomic mass is 16.2. The minimum Gasteiger partial charge on any atom is -0.353 e. The number of carbonyl (C=O) groups is 2. The quantitative estimate of drug-likeness (QED) is 0.877. The zero-order valence-electron chi connectivity index (χ0n) is 14.0. The van der Waals surface area contributed by atoms with Crippen LogP contribution in [-0.4, -0.2) is 41.9 Å². The topological polar surface area (TPSA) is 61.4 Å². The van der Waals surface area contributed by atoms with Crippen molar-refractivity contribution in [2.24, 2.45) is 5.92 Å². The van der Waals surface area contributed by atoms with Gasteiger partial charge in [-0.2, -0.15) is 0 Å².